The van der Waals surface area contributed by atoms with Gasteiger partial charge in [0.05, 0.1) is 6.04 Å². The van der Waals surface area contributed by atoms with Crippen molar-refractivity contribution in [2.24, 2.45) is 0 Å². The number of carbonyl (C=O) groups is 1. The number of rotatable bonds is 2. The van der Waals surface area contributed by atoms with Gasteiger partial charge in [0.15, 0.2) is 0 Å². The molecule has 0 saturated carbocycles. The molecule has 0 heterocycles. The molecule has 1 aliphatic carbocycles. The first-order chi connectivity index (χ1) is 10.1. The van der Waals surface area contributed by atoms with Gasteiger partial charge in [-0.05, 0) is 49.4 Å². The Balaban J connectivity index is 1.89. The predicted molar refractivity (Wildman–Crippen MR) is 85.5 cm³/mol. The molecule has 1 aliphatic rings. The maximum absolute atomic E-state index is 12.8. The van der Waals surface area contributed by atoms with Crippen LogP contribution in [0.3, 0.4) is 0 Å². The highest BCUT2D eigenvalue weighted by Gasteiger charge is 2.29. The SMILES string of the molecule is Cc1ccc(C(=O)N(C)C2CCc3ccccc32)c(C)c1. The summed E-state index contributed by atoms with van der Waals surface area (Å²) >= 11 is 0. The van der Waals surface area contributed by atoms with Crippen LogP contribution in [0.5, 0.6) is 0 Å². The number of carbonyl (C=O) groups excluding carboxylic acids is 1. The lowest BCUT2D eigenvalue weighted by Gasteiger charge is -2.26. The van der Waals surface area contributed by atoms with Gasteiger partial charge in [0.25, 0.3) is 5.91 Å². The molecule has 1 amide bonds. The summed E-state index contributed by atoms with van der Waals surface area (Å²) in [5.74, 6) is 0.120. The average Bonchev–Trinajstić information content (AvgIpc) is 2.90. The Morgan fingerprint density at radius 2 is 1.90 bits per heavy atom. The number of hydrogen-bond acceptors (Lipinski definition) is 1. The van der Waals surface area contributed by atoms with Crippen molar-refractivity contribution < 1.29 is 4.79 Å². The topological polar surface area (TPSA) is 20.3 Å². The van der Waals surface area contributed by atoms with E-state index in [0.29, 0.717) is 0 Å². The summed E-state index contributed by atoms with van der Waals surface area (Å²) in [7, 11) is 1.92. The number of amides is 1. The van der Waals surface area contributed by atoms with Crippen LogP contribution in [0, 0.1) is 13.8 Å². The Morgan fingerprint density at radius 1 is 1.14 bits per heavy atom. The fourth-order valence-electron chi connectivity index (χ4n) is 3.32. The second-order valence-electron chi connectivity index (χ2n) is 5.99. The quantitative estimate of drug-likeness (QED) is 0.811. The molecule has 0 bridgehead atoms. The highest BCUT2D eigenvalue weighted by atomic mass is 16.2. The number of fused-ring (bicyclic) bond motifs is 1. The minimum atomic E-state index is 0.120. The van der Waals surface area contributed by atoms with Crippen molar-refractivity contribution in [1.29, 1.82) is 0 Å². The van der Waals surface area contributed by atoms with Gasteiger partial charge in [0.2, 0.25) is 0 Å². The van der Waals surface area contributed by atoms with Crippen molar-refractivity contribution in [3.05, 3.63) is 70.3 Å². The van der Waals surface area contributed by atoms with E-state index in [4.69, 9.17) is 0 Å². The Hall–Kier alpha value is -2.09. The van der Waals surface area contributed by atoms with Gasteiger partial charge in [-0.25, -0.2) is 0 Å². The lowest BCUT2D eigenvalue weighted by atomic mass is 10.0. The van der Waals surface area contributed by atoms with Crippen LogP contribution in [0.25, 0.3) is 0 Å². The molecule has 2 heteroatoms. The van der Waals surface area contributed by atoms with Crippen LogP contribution in [0.4, 0.5) is 0 Å². The summed E-state index contributed by atoms with van der Waals surface area (Å²) in [6.45, 7) is 4.06. The van der Waals surface area contributed by atoms with Crippen LogP contribution >= 0.6 is 0 Å². The van der Waals surface area contributed by atoms with E-state index in [-0.39, 0.29) is 11.9 Å². The standard InChI is InChI=1S/C19H21NO/c1-13-8-10-16(14(2)12-13)19(21)20(3)18-11-9-15-6-4-5-7-17(15)18/h4-8,10,12,18H,9,11H2,1-3H3. The molecule has 0 aliphatic heterocycles. The molecule has 0 aromatic heterocycles. The van der Waals surface area contributed by atoms with Crippen molar-refractivity contribution in [3.63, 3.8) is 0 Å². The van der Waals surface area contributed by atoms with Gasteiger partial charge in [-0.1, -0.05) is 42.0 Å². The van der Waals surface area contributed by atoms with Gasteiger partial charge in [0, 0.05) is 12.6 Å². The maximum Gasteiger partial charge on any atom is 0.254 e. The van der Waals surface area contributed by atoms with Gasteiger partial charge in [-0.2, -0.15) is 0 Å². The number of aryl methyl sites for hydroxylation is 3. The minimum absolute atomic E-state index is 0.120. The number of benzene rings is 2. The third-order valence-corrected chi connectivity index (χ3v) is 4.50. The highest BCUT2D eigenvalue weighted by molar-refractivity contribution is 5.95. The Bertz CT molecular complexity index is 690. The van der Waals surface area contributed by atoms with E-state index < -0.39 is 0 Å². The van der Waals surface area contributed by atoms with E-state index in [1.807, 2.05) is 31.0 Å². The van der Waals surface area contributed by atoms with Crippen molar-refractivity contribution in [1.82, 2.24) is 4.90 Å². The highest BCUT2D eigenvalue weighted by Crippen LogP contribution is 2.35. The van der Waals surface area contributed by atoms with E-state index in [0.717, 1.165) is 24.0 Å². The lowest BCUT2D eigenvalue weighted by molar-refractivity contribution is 0.0730. The van der Waals surface area contributed by atoms with Crippen LogP contribution in [0.1, 0.15) is 45.1 Å². The number of hydrogen-bond donors (Lipinski definition) is 0. The van der Waals surface area contributed by atoms with E-state index in [1.54, 1.807) is 0 Å². The first kappa shape index (κ1) is 13.9. The third kappa shape index (κ3) is 2.46. The van der Waals surface area contributed by atoms with Crippen molar-refractivity contribution in [2.75, 3.05) is 7.05 Å². The Kier molecular flexibility index (Phi) is 3.54. The van der Waals surface area contributed by atoms with Crippen molar-refractivity contribution in [3.8, 4) is 0 Å². The summed E-state index contributed by atoms with van der Waals surface area (Å²) in [6, 6.07) is 14.7. The molecule has 108 valence electrons. The summed E-state index contributed by atoms with van der Waals surface area (Å²) in [5, 5.41) is 0. The van der Waals surface area contributed by atoms with Gasteiger partial charge in [-0.15, -0.1) is 0 Å². The van der Waals surface area contributed by atoms with Crippen molar-refractivity contribution in [2.45, 2.75) is 32.7 Å². The average molecular weight is 279 g/mol. The zero-order valence-electron chi connectivity index (χ0n) is 12.9. The molecule has 0 spiro atoms. The second-order valence-corrected chi connectivity index (χ2v) is 5.99. The fraction of sp³-hybridized carbons (Fsp3) is 0.316. The van der Waals surface area contributed by atoms with E-state index in [9.17, 15) is 4.79 Å². The monoisotopic (exact) mass is 279 g/mol. The molecule has 0 saturated heterocycles. The Morgan fingerprint density at radius 3 is 2.67 bits per heavy atom. The van der Waals surface area contributed by atoms with Crippen molar-refractivity contribution >= 4 is 5.91 Å². The second kappa shape index (κ2) is 5.36. The van der Waals surface area contributed by atoms with Gasteiger partial charge < -0.3 is 4.90 Å². The molecule has 21 heavy (non-hydrogen) atoms. The molecular formula is C19H21NO. The fourth-order valence-corrected chi connectivity index (χ4v) is 3.32. The smallest absolute Gasteiger partial charge is 0.254 e. The van der Waals surface area contributed by atoms with E-state index >= 15 is 0 Å². The number of nitrogens with zero attached hydrogens (tertiary/aromatic N) is 1. The predicted octanol–water partition coefficient (Wildman–Crippen LogP) is 4.06. The first-order valence-electron chi connectivity index (χ1n) is 7.50. The molecule has 3 rings (SSSR count). The zero-order valence-corrected chi connectivity index (χ0v) is 12.9. The molecule has 0 N–H and O–H groups in total. The zero-order chi connectivity index (χ0) is 15.0. The summed E-state index contributed by atoms with van der Waals surface area (Å²) in [4.78, 5) is 14.7. The molecule has 1 unspecified atom stereocenters. The van der Waals surface area contributed by atoms with Crippen LogP contribution in [-0.4, -0.2) is 17.9 Å². The molecule has 0 radical (unpaired) electrons. The van der Waals surface area contributed by atoms with E-state index in [1.165, 1.54) is 16.7 Å². The van der Waals surface area contributed by atoms with Gasteiger partial charge in [-0.3, -0.25) is 4.79 Å². The van der Waals surface area contributed by atoms with Crippen LogP contribution < -0.4 is 0 Å². The van der Waals surface area contributed by atoms with Gasteiger partial charge in [0.1, 0.15) is 0 Å². The van der Waals surface area contributed by atoms with E-state index in [2.05, 4.69) is 37.3 Å². The molecule has 2 aromatic rings. The summed E-state index contributed by atoms with van der Waals surface area (Å²) < 4.78 is 0. The molecule has 0 fully saturated rings. The minimum Gasteiger partial charge on any atom is -0.335 e. The first-order valence-corrected chi connectivity index (χ1v) is 7.50. The molecule has 1 atom stereocenters. The molecular weight excluding hydrogens is 258 g/mol. The van der Waals surface area contributed by atoms with Gasteiger partial charge >= 0.3 is 0 Å². The normalized spacial score (nSPS) is 16.6. The lowest BCUT2D eigenvalue weighted by Crippen LogP contribution is -2.30. The summed E-state index contributed by atoms with van der Waals surface area (Å²) in [6.07, 6.45) is 2.08. The van der Waals surface area contributed by atoms with Crippen LogP contribution in [0.15, 0.2) is 42.5 Å². The Labute approximate surface area is 126 Å². The largest absolute Gasteiger partial charge is 0.335 e. The molecule has 2 nitrogen and oxygen atoms in total. The third-order valence-electron chi connectivity index (χ3n) is 4.50. The maximum atomic E-state index is 12.8. The molecule has 2 aromatic carbocycles. The van der Waals surface area contributed by atoms with Crippen LogP contribution in [0.2, 0.25) is 0 Å². The van der Waals surface area contributed by atoms with Crippen LogP contribution in [-0.2, 0) is 6.42 Å². The summed E-state index contributed by atoms with van der Waals surface area (Å²) in [5.41, 5.74) is 5.74.